The number of hydrogen-bond acceptors (Lipinski definition) is 5. The first-order valence-electron chi connectivity index (χ1n) is 13.9. The second-order valence-corrected chi connectivity index (χ2v) is 11.1. The number of carbonyl (C=O) groups is 3. The molecule has 42 heavy (non-hydrogen) atoms. The van der Waals surface area contributed by atoms with Crippen molar-refractivity contribution in [3.05, 3.63) is 131 Å². The largest absolute Gasteiger partial charge is 0.461 e. The molecule has 0 aromatic heterocycles. The highest BCUT2D eigenvalue weighted by Crippen LogP contribution is 2.36. The maximum Gasteiger partial charge on any atom is 0.160 e. The molecule has 0 amide bonds. The molecule has 0 saturated carbocycles. The summed E-state index contributed by atoms with van der Waals surface area (Å²) in [5.74, 6) is 2.14. The lowest BCUT2D eigenvalue weighted by molar-refractivity contribution is 0.0980. The highest BCUT2D eigenvalue weighted by atomic mass is 16.5. The summed E-state index contributed by atoms with van der Waals surface area (Å²) >= 11 is 0. The van der Waals surface area contributed by atoms with E-state index < -0.39 is 0 Å². The second-order valence-electron chi connectivity index (χ2n) is 11.1. The molecule has 214 valence electrons. The summed E-state index contributed by atoms with van der Waals surface area (Å²) in [6.07, 6.45) is 8.85. The van der Waals surface area contributed by atoms with Crippen molar-refractivity contribution in [2.45, 2.75) is 53.4 Å². The number of Topliss-reactive ketones (excluding diaryl/α,β-unsaturated/α-hetero) is 3. The van der Waals surface area contributed by atoms with Crippen LogP contribution in [0.2, 0.25) is 0 Å². The van der Waals surface area contributed by atoms with Gasteiger partial charge in [0.25, 0.3) is 0 Å². The van der Waals surface area contributed by atoms with Crippen LogP contribution in [0, 0.1) is 0 Å². The van der Waals surface area contributed by atoms with Gasteiger partial charge in [0.1, 0.15) is 23.0 Å². The van der Waals surface area contributed by atoms with E-state index in [0.29, 0.717) is 40.4 Å². The zero-order valence-electron chi connectivity index (χ0n) is 25.0. The molecule has 5 nitrogen and oxygen atoms in total. The Bertz CT molecular complexity index is 1660. The van der Waals surface area contributed by atoms with E-state index in [4.69, 9.17) is 9.47 Å². The highest BCUT2D eigenvalue weighted by Gasteiger charge is 2.25. The van der Waals surface area contributed by atoms with Crippen LogP contribution < -0.4 is 9.47 Å². The summed E-state index contributed by atoms with van der Waals surface area (Å²) in [5, 5.41) is 0. The summed E-state index contributed by atoms with van der Waals surface area (Å²) in [5.41, 5.74) is 4.91. The molecule has 0 aliphatic heterocycles. The third-order valence-corrected chi connectivity index (χ3v) is 7.43. The van der Waals surface area contributed by atoms with E-state index in [0.717, 1.165) is 28.0 Å². The van der Waals surface area contributed by atoms with Gasteiger partial charge in [0, 0.05) is 28.5 Å². The van der Waals surface area contributed by atoms with Crippen LogP contribution in [0.5, 0.6) is 17.2 Å². The van der Waals surface area contributed by atoms with E-state index >= 15 is 0 Å². The first-order chi connectivity index (χ1) is 19.9. The minimum atomic E-state index is -0.309. The molecule has 1 aliphatic carbocycles. The summed E-state index contributed by atoms with van der Waals surface area (Å²) in [6, 6.07) is 18.3. The molecule has 0 heterocycles. The standard InChI is InChI=1S/C37H36O5/c1-23(2)33-19-17-31(21-35(33)25(4)39)41-29-10-8-9-27(11-14-29)37(6,7)28-12-15-30(16-13-28)42-32-18-20-34(24(3)38)36(22-32)26(5)40/h8-9,11-22H,1,10H2,2-7H3. The molecule has 0 radical (unpaired) electrons. The summed E-state index contributed by atoms with van der Waals surface area (Å²) in [7, 11) is 0. The predicted octanol–water partition coefficient (Wildman–Crippen LogP) is 9.25. The van der Waals surface area contributed by atoms with E-state index in [1.807, 2.05) is 49.4 Å². The molecule has 0 fully saturated rings. The third-order valence-electron chi connectivity index (χ3n) is 7.43. The lowest BCUT2D eigenvalue weighted by atomic mass is 9.77. The summed E-state index contributed by atoms with van der Waals surface area (Å²) in [6.45, 7) is 14.6. The normalized spacial score (nSPS) is 13.0. The number of ether oxygens (including phenoxy) is 2. The third kappa shape index (κ3) is 6.74. The Hall–Kier alpha value is -4.77. The molecular weight excluding hydrogens is 524 g/mol. The molecule has 0 saturated heterocycles. The number of rotatable bonds is 10. The Balaban J connectivity index is 1.52. The van der Waals surface area contributed by atoms with Crippen molar-refractivity contribution in [2.75, 3.05) is 0 Å². The maximum atomic E-state index is 12.2. The monoisotopic (exact) mass is 560 g/mol. The van der Waals surface area contributed by atoms with Gasteiger partial charge in [-0.1, -0.05) is 62.4 Å². The molecule has 0 N–H and O–H groups in total. The van der Waals surface area contributed by atoms with Crippen molar-refractivity contribution in [2.24, 2.45) is 0 Å². The Morgan fingerprint density at radius 1 is 0.667 bits per heavy atom. The molecule has 0 unspecified atom stereocenters. The zero-order valence-corrected chi connectivity index (χ0v) is 25.0. The maximum absolute atomic E-state index is 12.2. The molecule has 0 bridgehead atoms. The minimum Gasteiger partial charge on any atom is -0.461 e. The molecule has 1 aliphatic rings. The number of hydrogen-bond donors (Lipinski definition) is 0. The van der Waals surface area contributed by atoms with Crippen LogP contribution in [0.3, 0.4) is 0 Å². The van der Waals surface area contributed by atoms with Gasteiger partial charge >= 0.3 is 0 Å². The van der Waals surface area contributed by atoms with Crippen LogP contribution in [-0.4, -0.2) is 17.3 Å². The Kier molecular flexibility index (Phi) is 8.91. The van der Waals surface area contributed by atoms with Gasteiger partial charge in [-0.05, 0) is 92.9 Å². The summed E-state index contributed by atoms with van der Waals surface area (Å²) < 4.78 is 12.2. The molecule has 5 heteroatoms. The quantitative estimate of drug-likeness (QED) is 0.231. The first kappa shape index (κ1) is 30.2. The minimum absolute atomic E-state index is 0.0276. The van der Waals surface area contributed by atoms with Crippen LogP contribution in [-0.2, 0) is 5.41 Å². The number of ketones is 3. The van der Waals surface area contributed by atoms with Gasteiger partial charge in [0.2, 0.25) is 0 Å². The van der Waals surface area contributed by atoms with Crippen molar-refractivity contribution < 1.29 is 23.9 Å². The fraction of sp³-hybridized carbons (Fsp3) is 0.216. The van der Waals surface area contributed by atoms with Crippen LogP contribution in [0.15, 0.2) is 103 Å². The van der Waals surface area contributed by atoms with Crippen LogP contribution in [0.1, 0.15) is 90.2 Å². The smallest absolute Gasteiger partial charge is 0.160 e. The summed E-state index contributed by atoms with van der Waals surface area (Å²) in [4.78, 5) is 36.1. The second kappa shape index (κ2) is 12.4. The number of carbonyl (C=O) groups excluding carboxylic acids is 3. The van der Waals surface area contributed by atoms with Gasteiger partial charge in [-0.2, -0.15) is 0 Å². The Labute approximate surface area is 247 Å². The van der Waals surface area contributed by atoms with Crippen LogP contribution in [0.4, 0.5) is 0 Å². The highest BCUT2D eigenvalue weighted by molar-refractivity contribution is 6.07. The first-order valence-corrected chi connectivity index (χ1v) is 13.9. The average molecular weight is 561 g/mol. The van der Waals surface area contributed by atoms with Crippen LogP contribution >= 0.6 is 0 Å². The van der Waals surface area contributed by atoms with E-state index in [9.17, 15) is 14.4 Å². The Morgan fingerprint density at radius 3 is 1.76 bits per heavy atom. The topological polar surface area (TPSA) is 69.7 Å². The van der Waals surface area contributed by atoms with Crippen molar-refractivity contribution in [3.8, 4) is 17.2 Å². The SMILES string of the molecule is C=C(C)c1ccc(OC2=CC=C(C(C)(C)c3ccc(Oc4ccc(C(C)=O)c(C(C)=O)c4)cc3)C=CC2)cc1C(C)=O. The van der Waals surface area contributed by atoms with E-state index in [2.05, 4.69) is 38.7 Å². The van der Waals surface area contributed by atoms with Gasteiger partial charge in [0.15, 0.2) is 17.3 Å². The molecule has 3 aromatic rings. The van der Waals surface area contributed by atoms with Crippen molar-refractivity contribution in [1.82, 2.24) is 0 Å². The lowest BCUT2D eigenvalue weighted by Gasteiger charge is -2.27. The van der Waals surface area contributed by atoms with Gasteiger partial charge in [-0.15, -0.1) is 0 Å². The fourth-order valence-electron chi connectivity index (χ4n) is 4.93. The predicted molar refractivity (Wildman–Crippen MR) is 168 cm³/mol. The van der Waals surface area contributed by atoms with Crippen molar-refractivity contribution in [3.63, 3.8) is 0 Å². The van der Waals surface area contributed by atoms with Gasteiger partial charge < -0.3 is 9.47 Å². The molecular formula is C37H36O5. The van der Waals surface area contributed by atoms with Crippen molar-refractivity contribution >= 4 is 22.9 Å². The Morgan fingerprint density at radius 2 is 1.19 bits per heavy atom. The van der Waals surface area contributed by atoms with Gasteiger partial charge in [-0.3, -0.25) is 14.4 Å². The molecule has 3 aromatic carbocycles. The zero-order chi connectivity index (χ0) is 30.6. The number of benzene rings is 3. The van der Waals surface area contributed by atoms with E-state index in [1.165, 1.54) is 13.8 Å². The molecule has 4 rings (SSSR count). The van der Waals surface area contributed by atoms with Crippen LogP contribution in [0.25, 0.3) is 5.57 Å². The molecule has 0 atom stereocenters. The number of allylic oxidation sites excluding steroid dienone is 6. The van der Waals surface area contributed by atoms with Crippen molar-refractivity contribution in [1.29, 1.82) is 0 Å². The van der Waals surface area contributed by atoms with Gasteiger partial charge in [-0.25, -0.2) is 0 Å². The molecule has 0 spiro atoms. The van der Waals surface area contributed by atoms with E-state index in [-0.39, 0.29) is 22.8 Å². The average Bonchev–Trinajstić information content (AvgIpc) is 3.19. The van der Waals surface area contributed by atoms with Gasteiger partial charge in [0.05, 0.1) is 0 Å². The van der Waals surface area contributed by atoms with E-state index in [1.54, 1.807) is 31.2 Å². The fourth-order valence-corrected chi connectivity index (χ4v) is 4.93. The lowest BCUT2D eigenvalue weighted by Crippen LogP contribution is -2.19.